The van der Waals surface area contributed by atoms with Gasteiger partial charge in [0.2, 0.25) is 0 Å². The second-order valence-electron chi connectivity index (χ2n) is 5.29. The van der Waals surface area contributed by atoms with E-state index in [-0.39, 0.29) is 11.0 Å². The monoisotopic (exact) mass is 370 g/mol. The zero-order valence-electron chi connectivity index (χ0n) is 13.4. The van der Waals surface area contributed by atoms with Crippen molar-refractivity contribution in [1.82, 2.24) is 5.32 Å². The lowest BCUT2D eigenvalue weighted by molar-refractivity contribution is 0.0975. The number of benzene rings is 3. The first-order valence-electron chi connectivity index (χ1n) is 7.52. The zero-order chi connectivity index (χ0) is 17.8. The second kappa shape index (κ2) is 7.51. The van der Waals surface area contributed by atoms with Crippen molar-refractivity contribution >= 4 is 51.3 Å². The van der Waals surface area contributed by atoms with Gasteiger partial charge in [-0.2, -0.15) is 0 Å². The predicted octanol–water partition coefficient (Wildman–Crippen LogP) is 4.63. The van der Waals surface area contributed by atoms with E-state index >= 15 is 0 Å². The summed E-state index contributed by atoms with van der Waals surface area (Å²) in [6.45, 7) is 0. The molecule has 0 heterocycles. The van der Waals surface area contributed by atoms with Gasteiger partial charge in [-0.25, -0.2) is 0 Å². The third-order valence-electron chi connectivity index (χ3n) is 3.66. The van der Waals surface area contributed by atoms with Crippen LogP contribution in [-0.4, -0.2) is 18.1 Å². The number of hydrogen-bond donors (Lipinski definition) is 2. The molecule has 3 aromatic rings. The third-order valence-corrected chi connectivity index (χ3v) is 4.20. The van der Waals surface area contributed by atoms with Gasteiger partial charge in [0.25, 0.3) is 5.91 Å². The lowest BCUT2D eigenvalue weighted by atomic mass is 10.1. The average Bonchev–Trinajstić information content (AvgIpc) is 2.62. The molecule has 0 bridgehead atoms. The van der Waals surface area contributed by atoms with Crippen LogP contribution in [0.15, 0.2) is 60.7 Å². The lowest BCUT2D eigenvalue weighted by Gasteiger charge is -2.13. The van der Waals surface area contributed by atoms with Crippen molar-refractivity contribution in [2.24, 2.45) is 0 Å². The molecule has 2 N–H and O–H groups in total. The van der Waals surface area contributed by atoms with E-state index in [1.54, 1.807) is 18.2 Å². The van der Waals surface area contributed by atoms with E-state index in [4.69, 9.17) is 28.6 Å². The Balaban J connectivity index is 1.82. The van der Waals surface area contributed by atoms with Crippen molar-refractivity contribution in [3.63, 3.8) is 0 Å². The Hall–Kier alpha value is -2.63. The van der Waals surface area contributed by atoms with E-state index in [1.165, 1.54) is 7.11 Å². The van der Waals surface area contributed by atoms with Crippen LogP contribution in [0.5, 0.6) is 5.75 Å². The van der Waals surface area contributed by atoms with Gasteiger partial charge < -0.3 is 10.1 Å². The van der Waals surface area contributed by atoms with E-state index in [0.29, 0.717) is 22.0 Å². The number of halogens is 1. The topological polar surface area (TPSA) is 50.4 Å². The number of amides is 1. The van der Waals surface area contributed by atoms with Crippen LogP contribution in [0.1, 0.15) is 10.4 Å². The highest BCUT2D eigenvalue weighted by Crippen LogP contribution is 2.26. The Morgan fingerprint density at radius 1 is 1.04 bits per heavy atom. The first kappa shape index (κ1) is 17.2. The summed E-state index contributed by atoms with van der Waals surface area (Å²) in [6.07, 6.45) is 0. The minimum Gasteiger partial charge on any atom is -0.496 e. The van der Waals surface area contributed by atoms with Crippen LogP contribution < -0.4 is 15.4 Å². The number of para-hydroxylation sites is 1. The Bertz CT molecular complexity index is 959. The molecule has 0 fully saturated rings. The third kappa shape index (κ3) is 3.90. The molecule has 0 aromatic heterocycles. The predicted molar refractivity (Wildman–Crippen MR) is 106 cm³/mol. The number of carbonyl (C=O) groups is 1. The van der Waals surface area contributed by atoms with Crippen molar-refractivity contribution in [2.75, 3.05) is 12.4 Å². The first-order valence-corrected chi connectivity index (χ1v) is 8.31. The molecule has 0 saturated carbocycles. The fraction of sp³-hybridized carbons (Fsp3) is 0.0526. The Morgan fingerprint density at radius 3 is 2.36 bits per heavy atom. The number of nitrogens with one attached hydrogen (secondary N) is 2. The van der Waals surface area contributed by atoms with Crippen LogP contribution in [0.2, 0.25) is 5.02 Å². The van der Waals surface area contributed by atoms with Crippen LogP contribution in [0.3, 0.4) is 0 Å². The van der Waals surface area contributed by atoms with Gasteiger partial charge in [-0.15, -0.1) is 0 Å². The molecule has 3 aromatic carbocycles. The SMILES string of the molecule is COc1cc2ccccc2cc1C(=O)NC(=S)Nc1ccccc1Cl. The molecule has 6 heteroatoms. The smallest absolute Gasteiger partial charge is 0.261 e. The van der Waals surface area contributed by atoms with E-state index < -0.39 is 0 Å². The van der Waals surface area contributed by atoms with Crippen molar-refractivity contribution in [3.8, 4) is 5.75 Å². The molecular weight excluding hydrogens is 356 g/mol. The Labute approximate surface area is 155 Å². The van der Waals surface area contributed by atoms with Crippen LogP contribution in [0, 0.1) is 0 Å². The second-order valence-corrected chi connectivity index (χ2v) is 6.10. The van der Waals surface area contributed by atoms with Crippen LogP contribution >= 0.6 is 23.8 Å². The molecule has 0 spiro atoms. The van der Waals surface area contributed by atoms with E-state index in [1.807, 2.05) is 42.5 Å². The van der Waals surface area contributed by atoms with Crippen LogP contribution in [-0.2, 0) is 0 Å². The summed E-state index contributed by atoms with van der Waals surface area (Å²) < 4.78 is 5.35. The molecule has 1 amide bonds. The van der Waals surface area contributed by atoms with Gasteiger partial charge in [0.05, 0.1) is 23.4 Å². The number of thiocarbonyl (C=S) groups is 1. The van der Waals surface area contributed by atoms with Gasteiger partial charge >= 0.3 is 0 Å². The summed E-state index contributed by atoms with van der Waals surface area (Å²) in [5.41, 5.74) is 1.03. The van der Waals surface area contributed by atoms with Crippen molar-refractivity contribution in [1.29, 1.82) is 0 Å². The minimum absolute atomic E-state index is 0.160. The highest BCUT2D eigenvalue weighted by molar-refractivity contribution is 7.80. The van der Waals surface area contributed by atoms with E-state index in [0.717, 1.165) is 10.8 Å². The summed E-state index contributed by atoms with van der Waals surface area (Å²) in [5, 5.41) is 8.18. The van der Waals surface area contributed by atoms with Crippen molar-refractivity contribution in [2.45, 2.75) is 0 Å². The van der Waals surface area contributed by atoms with E-state index in [2.05, 4.69) is 10.6 Å². The summed E-state index contributed by atoms with van der Waals surface area (Å²) in [4.78, 5) is 12.6. The molecule has 25 heavy (non-hydrogen) atoms. The van der Waals surface area contributed by atoms with E-state index in [9.17, 15) is 4.79 Å². The summed E-state index contributed by atoms with van der Waals surface area (Å²) in [6, 6.07) is 18.5. The number of methoxy groups -OCH3 is 1. The molecule has 4 nitrogen and oxygen atoms in total. The molecule has 126 valence electrons. The van der Waals surface area contributed by atoms with Gasteiger partial charge in [0.1, 0.15) is 5.75 Å². The molecule has 0 aliphatic heterocycles. The molecule has 0 unspecified atom stereocenters. The largest absolute Gasteiger partial charge is 0.496 e. The first-order chi connectivity index (χ1) is 12.1. The highest BCUT2D eigenvalue weighted by Gasteiger charge is 2.15. The average molecular weight is 371 g/mol. The molecule has 0 atom stereocenters. The standard InChI is InChI=1S/C19H15ClN2O2S/c1-24-17-11-13-7-3-2-6-12(13)10-14(17)18(23)22-19(25)21-16-9-5-4-8-15(16)20/h2-11H,1H3,(H2,21,22,23,25). The van der Waals surface area contributed by atoms with Gasteiger partial charge in [0, 0.05) is 0 Å². The normalized spacial score (nSPS) is 10.3. The van der Waals surface area contributed by atoms with Gasteiger partial charge in [-0.3, -0.25) is 10.1 Å². The van der Waals surface area contributed by atoms with Crippen molar-refractivity contribution < 1.29 is 9.53 Å². The zero-order valence-corrected chi connectivity index (χ0v) is 14.9. The maximum atomic E-state index is 12.6. The molecular formula is C19H15ClN2O2S. The number of rotatable bonds is 3. The summed E-state index contributed by atoms with van der Waals surface area (Å²) in [7, 11) is 1.53. The molecule has 0 aliphatic rings. The number of fused-ring (bicyclic) bond motifs is 1. The highest BCUT2D eigenvalue weighted by atomic mass is 35.5. The lowest BCUT2D eigenvalue weighted by Crippen LogP contribution is -2.34. The molecule has 0 aliphatic carbocycles. The van der Waals surface area contributed by atoms with Crippen LogP contribution in [0.4, 0.5) is 5.69 Å². The molecule has 0 saturated heterocycles. The number of carbonyl (C=O) groups excluding carboxylic acids is 1. The van der Waals surface area contributed by atoms with Gasteiger partial charge in [-0.1, -0.05) is 48.0 Å². The fourth-order valence-electron chi connectivity index (χ4n) is 2.45. The maximum absolute atomic E-state index is 12.6. The Morgan fingerprint density at radius 2 is 1.68 bits per heavy atom. The summed E-state index contributed by atoms with van der Waals surface area (Å²) in [5.74, 6) is 0.129. The Kier molecular flexibility index (Phi) is 5.16. The number of anilines is 1. The van der Waals surface area contributed by atoms with Gasteiger partial charge in [0.15, 0.2) is 5.11 Å². The fourth-order valence-corrected chi connectivity index (χ4v) is 2.84. The summed E-state index contributed by atoms with van der Waals surface area (Å²) >= 11 is 11.3. The molecule has 3 rings (SSSR count). The van der Waals surface area contributed by atoms with Gasteiger partial charge in [-0.05, 0) is 47.3 Å². The van der Waals surface area contributed by atoms with Crippen molar-refractivity contribution in [3.05, 3.63) is 71.2 Å². The number of hydrogen-bond acceptors (Lipinski definition) is 3. The quantitative estimate of drug-likeness (QED) is 0.660. The van der Waals surface area contributed by atoms with Crippen LogP contribution in [0.25, 0.3) is 10.8 Å². The number of ether oxygens (including phenoxy) is 1. The minimum atomic E-state index is -0.354. The maximum Gasteiger partial charge on any atom is 0.261 e. The molecule has 0 radical (unpaired) electrons.